The van der Waals surface area contributed by atoms with Crippen LogP contribution in [0.2, 0.25) is 5.02 Å². The predicted molar refractivity (Wildman–Crippen MR) is 219 cm³/mol. The van der Waals surface area contributed by atoms with Gasteiger partial charge in [0.25, 0.3) is 5.91 Å². The van der Waals surface area contributed by atoms with E-state index in [1.165, 1.54) is 6.07 Å². The highest BCUT2D eigenvalue weighted by atomic mass is 35.5. The number of nitrogens with one attached hydrogen (secondary N) is 1. The number of amides is 3. The van der Waals surface area contributed by atoms with Gasteiger partial charge in [-0.3, -0.25) is 39.2 Å². The highest BCUT2D eigenvalue weighted by Gasteiger charge is 2.51. The normalized spacial score (nSPS) is 20.2. The van der Waals surface area contributed by atoms with E-state index in [1.54, 1.807) is 43.0 Å². The van der Waals surface area contributed by atoms with Gasteiger partial charge in [-0.05, 0) is 105 Å². The van der Waals surface area contributed by atoms with Gasteiger partial charge in [-0.15, -0.1) is 0 Å². The van der Waals surface area contributed by atoms with Crippen LogP contribution in [-0.2, 0) is 44.6 Å². The lowest BCUT2D eigenvalue weighted by molar-refractivity contribution is -0.138. The number of anilines is 2. The van der Waals surface area contributed by atoms with Crippen molar-refractivity contribution in [3.8, 4) is 11.8 Å². The Morgan fingerprint density at radius 3 is 2.53 bits per heavy atom. The number of nitriles is 1. The molecular weight excluding hydrogens is 807 g/mol. The topological polar surface area (TPSA) is 139 Å². The Morgan fingerprint density at radius 2 is 1.85 bits per heavy atom. The highest BCUT2D eigenvalue weighted by molar-refractivity contribution is 7.81. The van der Waals surface area contributed by atoms with Gasteiger partial charge in [-0.25, -0.2) is 4.98 Å². The number of carbonyl (C=O) groups is 4. The number of pyridine rings is 1. The fraction of sp³-hybridized carbons (Fsp3) is 0.452. The third-order valence-electron chi connectivity index (χ3n) is 11.0. The van der Waals surface area contributed by atoms with Gasteiger partial charge >= 0.3 is 6.18 Å². The smallest absolute Gasteiger partial charge is 0.419 e. The third-order valence-corrected chi connectivity index (χ3v) is 11.6. The number of halogens is 4. The third kappa shape index (κ3) is 9.75. The summed E-state index contributed by atoms with van der Waals surface area (Å²) in [6, 6.07) is 13.2. The first-order chi connectivity index (χ1) is 27.9. The number of benzene rings is 2. The molecule has 2 atom stereocenters. The van der Waals surface area contributed by atoms with Gasteiger partial charge in [0.2, 0.25) is 11.8 Å². The van der Waals surface area contributed by atoms with Gasteiger partial charge in [-0.1, -0.05) is 24.6 Å². The van der Waals surface area contributed by atoms with Crippen molar-refractivity contribution in [2.45, 2.75) is 77.6 Å². The maximum Gasteiger partial charge on any atom is 0.419 e. The Bertz CT molecular complexity index is 2210. The number of ether oxygens (including phenoxy) is 1. The number of aromatic nitrogens is 1. The highest BCUT2D eigenvalue weighted by Crippen LogP contribution is 2.40. The number of imide groups is 1. The number of hydrogen-bond acceptors (Lipinski definition) is 10. The first kappa shape index (κ1) is 43.6. The zero-order valence-corrected chi connectivity index (χ0v) is 34.8. The van der Waals surface area contributed by atoms with E-state index in [0.717, 1.165) is 46.9 Å². The monoisotopic (exact) mass is 851 g/mol. The van der Waals surface area contributed by atoms with Crippen LogP contribution >= 0.6 is 23.8 Å². The zero-order valence-electron chi connectivity index (χ0n) is 33.2. The fourth-order valence-electron chi connectivity index (χ4n) is 7.92. The van der Waals surface area contributed by atoms with Crippen LogP contribution in [0.4, 0.5) is 24.5 Å². The van der Waals surface area contributed by atoms with Crippen molar-refractivity contribution in [3.05, 3.63) is 81.6 Å². The fourth-order valence-corrected chi connectivity index (χ4v) is 8.72. The second-order valence-electron chi connectivity index (χ2n) is 15.7. The van der Waals surface area contributed by atoms with E-state index >= 15 is 0 Å². The Hall–Kier alpha value is -4.95. The average Bonchev–Trinajstić information content (AvgIpc) is 3.34. The quantitative estimate of drug-likeness (QED) is 0.163. The molecule has 0 saturated carbocycles. The summed E-state index contributed by atoms with van der Waals surface area (Å²) < 4.78 is 47.5. The van der Waals surface area contributed by atoms with E-state index in [4.69, 9.17) is 28.6 Å². The van der Waals surface area contributed by atoms with Crippen LogP contribution in [0.1, 0.15) is 68.5 Å². The first-order valence-electron chi connectivity index (χ1n) is 19.4. The van der Waals surface area contributed by atoms with Crippen molar-refractivity contribution in [2.24, 2.45) is 5.92 Å². The SMILES string of the molecule is CCc1cc(N2C(=S)N(c3cnc(C#N)c(C(F)(F)F)c3)C(=O)C2(C)C)ccc1OCCN1CCN(CC(=O)Cc2cc(Cl)cc(CC3CCC(=O)NC3=O)c2)[C@@H](C)C1. The Balaban J connectivity index is 1.02. The number of rotatable bonds is 13. The summed E-state index contributed by atoms with van der Waals surface area (Å²) in [5, 5.41) is 12.0. The Labute approximate surface area is 351 Å². The van der Waals surface area contributed by atoms with Gasteiger partial charge in [-0.2, -0.15) is 18.4 Å². The average molecular weight is 852 g/mol. The van der Waals surface area contributed by atoms with Crippen molar-refractivity contribution in [2.75, 3.05) is 49.1 Å². The number of Topliss-reactive ketones (excluding diaryl/α,β-unsaturated/α-hetero) is 1. The van der Waals surface area contributed by atoms with E-state index in [-0.39, 0.29) is 46.8 Å². The summed E-state index contributed by atoms with van der Waals surface area (Å²) in [5.41, 5.74) is -0.416. The molecule has 3 saturated heterocycles. The molecular formula is C42H45ClF3N7O5S. The number of thiocarbonyl (C=S) groups is 1. The van der Waals surface area contributed by atoms with E-state index in [0.29, 0.717) is 68.4 Å². The molecule has 312 valence electrons. The maximum atomic E-state index is 13.7. The molecule has 12 nitrogen and oxygen atoms in total. The van der Waals surface area contributed by atoms with Crippen LogP contribution in [0.5, 0.6) is 5.75 Å². The molecule has 0 spiro atoms. The molecule has 17 heteroatoms. The molecule has 3 aliphatic heterocycles. The van der Waals surface area contributed by atoms with Crippen molar-refractivity contribution in [3.63, 3.8) is 0 Å². The van der Waals surface area contributed by atoms with Gasteiger partial charge in [0.1, 0.15) is 24.0 Å². The molecule has 3 aromatic rings. The van der Waals surface area contributed by atoms with Gasteiger partial charge < -0.3 is 9.64 Å². The van der Waals surface area contributed by atoms with Crippen molar-refractivity contribution >= 4 is 63.8 Å². The Kier molecular flexibility index (Phi) is 13.1. The molecule has 4 heterocycles. The number of hydrogen-bond donors (Lipinski definition) is 1. The molecule has 1 N–H and O–H groups in total. The van der Waals surface area contributed by atoms with Crippen LogP contribution < -0.4 is 19.9 Å². The molecule has 1 aromatic heterocycles. The molecule has 0 bridgehead atoms. The minimum atomic E-state index is -4.86. The van der Waals surface area contributed by atoms with Crippen LogP contribution in [0.25, 0.3) is 0 Å². The molecule has 2 aromatic carbocycles. The van der Waals surface area contributed by atoms with Crippen LogP contribution in [0, 0.1) is 17.2 Å². The lowest BCUT2D eigenvalue weighted by Gasteiger charge is -2.39. The summed E-state index contributed by atoms with van der Waals surface area (Å²) in [7, 11) is 0. The molecule has 0 aliphatic carbocycles. The first-order valence-corrected chi connectivity index (χ1v) is 20.2. The largest absolute Gasteiger partial charge is 0.492 e. The van der Waals surface area contributed by atoms with Gasteiger partial charge in [0.15, 0.2) is 16.6 Å². The number of aryl methyl sites for hydroxylation is 1. The van der Waals surface area contributed by atoms with Crippen LogP contribution in [0.15, 0.2) is 48.7 Å². The van der Waals surface area contributed by atoms with E-state index in [9.17, 15) is 37.6 Å². The van der Waals surface area contributed by atoms with Gasteiger partial charge in [0.05, 0.1) is 24.0 Å². The summed E-state index contributed by atoms with van der Waals surface area (Å²) in [6.07, 6.45) is -1.77. The number of carbonyl (C=O) groups excluding carboxylic acids is 4. The van der Waals surface area contributed by atoms with E-state index in [2.05, 4.69) is 27.0 Å². The lowest BCUT2D eigenvalue weighted by atomic mass is 9.90. The molecule has 3 fully saturated rings. The van der Waals surface area contributed by atoms with Crippen LogP contribution in [0.3, 0.4) is 0 Å². The lowest BCUT2D eigenvalue weighted by Crippen LogP contribution is -2.53. The maximum absolute atomic E-state index is 13.7. The summed E-state index contributed by atoms with van der Waals surface area (Å²) in [4.78, 5) is 61.4. The number of piperidine rings is 1. The molecule has 1 unspecified atom stereocenters. The molecule has 59 heavy (non-hydrogen) atoms. The second-order valence-corrected chi connectivity index (χ2v) is 16.5. The number of piperazine rings is 1. The molecule has 6 rings (SSSR count). The van der Waals surface area contributed by atoms with Crippen molar-refractivity contribution in [1.29, 1.82) is 5.26 Å². The minimum Gasteiger partial charge on any atom is -0.492 e. The standard InChI is InChI=1S/C42H45ClF3N7O5S/c1-5-28-19-31(53-40(59)52(39(57)41(53,3)4)32-20-34(42(44,45)46)35(21-47)48-22-32)7-8-36(28)58-13-12-50-10-11-51(25(2)23-50)24-33(54)18-27-14-26(16-30(43)17-27)15-29-6-9-37(55)49-38(29)56/h7-8,14,16-17,19-20,22,25,29H,5-6,9-13,15,18,23-24H2,1-4H3,(H,49,55,56)/t25-,29?/m0/s1. The predicted octanol–water partition coefficient (Wildman–Crippen LogP) is 5.90. The van der Waals surface area contributed by atoms with Gasteiger partial charge in [0, 0.05) is 61.7 Å². The molecule has 3 aliphatic rings. The minimum absolute atomic E-state index is 0.0223. The van der Waals surface area contributed by atoms with Crippen molar-refractivity contribution in [1.82, 2.24) is 20.1 Å². The molecule has 0 radical (unpaired) electrons. The molecule has 3 amide bonds. The zero-order chi connectivity index (χ0) is 42.8. The number of alkyl halides is 3. The van der Waals surface area contributed by atoms with Crippen molar-refractivity contribution < 1.29 is 37.1 Å². The summed E-state index contributed by atoms with van der Waals surface area (Å²) >= 11 is 12.1. The summed E-state index contributed by atoms with van der Waals surface area (Å²) in [6.45, 7) is 10.9. The second kappa shape index (κ2) is 17.7. The van der Waals surface area contributed by atoms with Crippen LogP contribution in [-0.4, -0.2) is 94.3 Å². The Morgan fingerprint density at radius 1 is 1.10 bits per heavy atom. The number of nitrogens with zero attached hydrogens (tertiary/aromatic N) is 6. The van der Waals surface area contributed by atoms with E-state index in [1.807, 2.05) is 19.1 Å². The number of ketones is 1. The summed E-state index contributed by atoms with van der Waals surface area (Å²) in [5.74, 6) is -0.671. The van der Waals surface area contributed by atoms with E-state index < -0.39 is 28.9 Å².